The Hall–Kier alpha value is -1.95. The maximum absolute atomic E-state index is 10.8. The highest BCUT2D eigenvalue weighted by molar-refractivity contribution is 5.47. The van der Waals surface area contributed by atoms with Gasteiger partial charge in [0.05, 0.1) is 24.5 Å². The summed E-state index contributed by atoms with van der Waals surface area (Å²) in [4.78, 5) is 4.67. The first kappa shape index (κ1) is 21.3. The van der Waals surface area contributed by atoms with E-state index in [4.69, 9.17) is 4.74 Å². The molecule has 0 spiro atoms. The zero-order chi connectivity index (χ0) is 21.5. The number of nitrogens with one attached hydrogen (secondary N) is 1. The lowest BCUT2D eigenvalue weighted by Crippen LogP contribution is -2.30. The number of phenols is 1. The molecule has 1 aromatic heterocycles. The molecule has 4 unspecified atom stereocenters. The number of aromatic hydroxyl groups is 1. The summed E-state index contributed by atoms with van der Waals surface area (Å²) in [6.45, 7) is 7.85. The van der Waals surface area contributed by atoms with Crippen LogP contribution < -0.4 is 5.32 Å². The van der Waals surface area contributed by atoms with Gasteiger partial charge in [-0.1, -0.05) is 32.9 Å². The van der Waals surface area contributed by atoms with Gasteiger partial charge in [-0.15, -0.1) is 0 Å². The SMILES string of the molecule is CNCC(O)c1ccc(O)c2c1CC(C1OCC(C)c3ncccc31)CC(C)(C)C2. The number of pyridine rings is 1. The fourth-order valence-corrected chi connectivity index (χ4v) is 5.45. The minimum absolute atomic E-state index is 0.00870. The lowest BCUT2D eigenvalue weighted by molar-refractivity contribution is -0.0208. The topological polar surface area (TPSA) is 74.6 Å². The van der Waals surface area contributed by atoms with Crippen molar-refractivity contribution in [1.82, 2.24) is 10.3 Å². The number of hydrogen-bond donors (Lipinski definition) is 3. The van der Waals surface area contributed by atoms with Crippen molar-refractivity contribution >= 4 is 0 Å². The Morgan fingerprint density at radius 2 is 2.07 bits per heavy atom. The fraction of sp³-hybridized carbons (Fsp3) is 0.560. The van der Waals surface area contributed by atoms with E-state index in [0.717, 1.165) is 41.6 Å². The molecule has 2 aliphatic rings. The maximum atomic E-state index is 10.8. The molecule has 0 saturated carbocycles. The summed E-state index contributed by atoms with van der Waals surface area (Å²) in [6.07, 6.45) is 3.79. The van der Waals surface area contributed by atoms with E-state index in [2.05, 4.69) is 37.1 Å². The summed E-state index contributed by atoms with van der Waals surface area (Å²) < 4.78 is 6.42. The minimum Gasteiger partial charge on any atom is -0.508 e. The van der Waals surface area contributed by atoms with Gasteiger partial charge in [0.15, 0.2) is 0 Å². The van der Waals surface area contributed by atoms with Gasteiger partial charge in [-0.2, -0.15) is 0 Å². The normalized spacial score (nSPS) is 26.4. The number of benzene rings is 1. The van der Waals surface area contributed by atoms with E-state index in [-0.39, 0.29) is 17.4 Å². The molecular formula is C25H34N2O3. The molecule has 0 saturated heterocycles. The lowest BCUT2D eigenvalue weighted by atomic mass is 9.76. The number of fused-ring (bicyclic) bond motifs is 2. The fourth-order valence-electron chi connectivity index (χ4n) is 5.45. The second kappa shape index (κ2) is 8.29. The van der Waals surface area contributed by atoms with Crippen LogP contribution in [0.3, 0.4) is 0 Å². The average molecular weight is 411 g/mol. The summed E-state index contributed by atoms with van der Waals surface area (Å²) >= 11 is 0. The molecule has 4 rings (SSSR count). The maximum Gasteiger partial charge on any atom is 0.119 e. The third-order valence-electron chi connectivity index (χ3n) is 6.73. The first-order valence-corrected chi connectivity index (χ1v) is 11.0. The molecule has 0 amide bonds. The van der Waals surface area contributed by atoms with E-state index in [0.29, 0.717) is 24.8 Å². The number of hydrogen-bond acceptors (Lipinski definition) is 5. The molecule has 4 atom stereocenters. The van der Waals surface area contributed by atoms with Gasteiger partial charge in [-0.25, -0.2) is 0 Å². The number of phenolic OH excluding ortho intramolecular Hbond substituents is 1. The molecule has 3 N–H and O–H groups in total. The van der Waals surface area contributed by atoms with Crippen molar-refractivity contribution in [3.8, 4) is 5.75 Å². The number of ether oxygens (including phenoxy) is 1. The van der Waals surface area contributed by atoms with Gasteiger partial charge in [-0.05, 0) is 66.5 Å². The van der Waals surface area contributed by atoms with Crippen LogP contribution in [0.2, 0.25) is 0 Å². The van der Waals surface area contributed by atoms with Crippen molar-refractivity contribution in [2.24, 2.45) is 11.3 Å². The summed E-state index contributed by atoms with van der Waals surface area (Å²) in [5.74, 6) is 0.874. The van der Waals surface area contributed by atoms with Crippen molar-refractivity contribution in [2.75, 3.05) is 20.2 Å². The van der Waals surface area contributed by atoms with Crippen LogP contribution in [0.25, 0.3) is 0 Å². The van der Waals surface area contributed by atoms with Gasteiger partial charge in [0.2, 0.25) is 0 Å². The Balaban J connectivity index is 1.79. The quantitative estimate of drug-likeness (QED) is 0.663. The molecule has 1 aromatic carbocycles. The Morgan fingerprint density at radius 1 is 1.27 bits per heavy atom. The molecule has 5 nitrogen and oxygen atoms in total. The van der Waals surface area contributed by atoms with Crippen LogP contribution in [0.5, 0.6) is 5.75 Å². The molecule has 1 aliphatic heterocycles. The highest BCUT2D eigenvalue weighted by Gasteiger charge is 2.39. The van der Waals surface area contributed by atoms with Crippen LogP contribution in [-0.4, -0.2) is 35.4 Å². The average Bonchev–Trinajstić information content (AvgIpc) is 2.85. The zero-order valence-electron chi connectivity index (χ0n) is 18.5. The highest BCUT2D eigenvalue weighted by atomic mass is 16.5. The van der Waals surface area contributed by atoms with Crippen LogP contribution in [0, 0.1) is 11.3 Å². The van der Waals surface area contributed by atoms with Crippen molar-refractivity contribution in [1.29, 1.82) is 0 Å². The summed E-state index contributed by atoms with van der Waals surface area (Å²) in [6, 6.07) is 7.77. The van der Waals surface area contributed by atoms with Gasteiger partial charge in [0.25, 0.3) is 0 Å². The Morgan fingerprint density at radius 3 is 2.83 bits per heavy atom. The molecule has 162 valence electrons. The second-order valence-electron chi connectivity index (χ2n) is 9.85. The van der Waals surface area contributed by atoms with E-state index in [1.165, 1.54) is 5.56 Å². The van der Waals surface area contributed by atoms with E-state index in [9.17, 15) is 10.2 Å². The van der Waals surface area contributed by atoms with Gasteiger partial charge in [-0.3, -0.25) is 4.98 Å². The third-order valence-corrected chi connectivity index (χ3v) is 6.73. The molecule has 5 heteroatoms. The number of aliphatic hydroxyl groups is 1. The van der Waals surface area contributed by atoms with Crippen molar-refractivity contribution < 1.29 is 14.9 Å². The highest BCUT2D eigenvalue weighted by Crippen LogP contribution is 2.48. The lowest BCUT2D eigenvalue weighted by Gasteiger charge is -2.37. The first-order chi connectivity index (χ1) is 14.3. The zero-order valence-corrected chi connectivity index (χ0v) is 18.5. The van der Waals surface area contributed by atoms with Gasteiger partial charge < -0.3 is 20.3 Å². The summed E-state index contributed by atoms with van der Waals surface area (Å²) in [7, 11) is 1.84. The van der Waals surface area contributed by atoms with Crippen LogP contribution in [0.4, 0.5) is 0 Å². The van der Waals surface area contributed by atoms with Crippen LogP contribution in [-0.2, 0) is 17.6 Å². The number of likely N-dealkylation sites (N-methyl/N-ethyl adjacent to an activating group) is 1. The van der Waals surface area contributed by atoms with Crippen molar-refractivity contribution in [3.05, 3.63) is 58.4 Å². The Kier molecular flexibility index (Phi) is 5.88. The van der Waals surface area contributed by atoms with E-state index in [1.807, 2.05) is 25.4 Å². The Labute approximate surface area is 179 Å². The molecule has 1 aliphatic carbocycles. The summed E-state index contributed by atoms with van der Waals surface area (Å²) in [5, 5.41) is 24.6. The Bertz CT molecular complexity index is 911. The van der Waals surface area contributed by atoms with Crippen molar-refractivity contribution in [2.45, 2.75) is 58.2 Å². The number of aliphatic hydroxyl groups excluding tert-OH is 1. The largest absolute Gasteiger partial charge is 0.508 e. The molecule has 0 bridgehead atoms. The van der Waals surface area contributed by atoms with Crippen LogP contribution in [0.1, 0.15) is 73.3 Å². The number of nitrogens with zero attached hydrogens (tertiary/aromatic N) is 1. The summed E-state index contributed by atoms with van der Waals surface area (Å²) in [5.41, 5.74) is 5.32. The number of rotatable bonds is 4. The minimum atomic E-state index is -0.604. The molecule has 0 radical (unpaired) electrons. The third kappa shape index (κ3) is 3.98. The molecule has 2 aromatic rings. The standard InChI is InChI=1S/C25H34N2O3/c1-15-14-30-24(18-6-5-9-27-23(15)18)16-10-19-17(22(29)13-26-4)7-8-21(28)20(19)12-25(2,3)11-16/h5-9,15-16,22,24,26,28-29H,10-14H2,1-4H3. The molecule has 30 heavy (non-hydrogen) atoms. The van der Waals surface area contributed by atoms with Crippen LogP contribution in [0.15, 0.2) is 30.5 Å². The van der Waals surface area contributed by atoms with E-state index < -0.39 is 6.10 Å². The van der Waals surface area contributed by atoms with Crippen molar-refractivity contribution in [3.63, 3.8) is 0 Å². The molecular weight excluding hydrogens is 376 g/mol. The second-order valence-corrected chi connectivity index (χ2v) is 9.85. The predicted molar refractivity (Wildman–Crippen MR) is 118 cm³/mol. The van der Waals surface area contributed by atoms with Gasteiger partial charge in [0.1, 0.15) is 5.75 Å². The van der Waals surface area contributed by atoms with Crippen LogP contribution >= 0.6 is 0 Å². The van der Waals surface area contributed by atoms with E-state index in [1.54, 1.807) is 6.07 Å². The smallest absolute Gasteiger partial charge is 0.119 e. The van der Waals surface area contributed by atoms with Gasteiger partial charge in [0, 0.05) is 24.2 Å². The monoisotopic (exact) mass is 410 g/mol. The first-order valence-electron chi connectivity index (χ1n) is 11.0. The molecule has 2 heterocycles. The van der Waals surface area contributed by atoms with Gasteiger partial charge >= 0.3 is 0 Å². The molecule has 0 fully saturated rings. The number of aromatic nitrogens is 1. The van der Waals surface area contributed by atoms with E-state index >= 15 is 0 Å². The predicted octanol–water partition coefficient (Wildman–Crippen LogP) is 4.05.